The van der Waals surface area contributed by atoms with Crippen LogP contribution in [-0.4, -0.2) is 40.1 Å². The number of likely N-dealkylation sites (tertiary alicyclic amines) is 1. The maximum Gasteiger partial charge on any atom is 0.321 e. The highest BCUT2D eigenvalue weighted by Crippen LogP contribution is 2.17. The number of para-hydroxylation sites is 1. The number of hydrogen-bond acceptors (Lipinski definition) is 4. The lowest BCUT2D eigenvalue weighted by molar-refractivity contribution is 0.189. The molecule has 3 rings (SSSR count). The lowest BCUT2D eigenvalue weighted by Crippen LogP contribution is -2.34. The van der Waals surface area contributed by atoms with Gasteiger partial charge < -0.3 is 15.0 Å². The van der Waals surface area contributed by atoms with E-state index in [2.05, 4.69) is 15.3 Å². The van der Waals surface area contributed by atoms with E-state index in [-0.39, 0.29) is 12.1 Å². The van der Waals surface area contributed by atoms with E-state index in [9.17, 15) is 4.79 Å². The van der Waals surface area contributed by atoms with E-state index in [4.69, 9.17) is 4.74 Å². The monoisotopic (exact) mass is 298 g/mol. The zero-order valence-corrected chi connectivity index (χ0v) is 12.4. The summed E-state index contributed by atoms with van der Waals surface area (Å²) in [6.45, 7) is 3.05. The van der Waals surface area contributed by atoms with Gasteiger partial charge in [0.25, 0.3) is 0 Å². The number of aryl methyl sites for hydroxylation is 1. The molecule has 1 N–H and O–H groups in total. The van der Waals surface area contributed by atoms with Gasteiger partial charge in [0.1, 0.15) is 11.9 Å². The van der Waals surface area contributed by atoms with Crippen molar-refractivity contribution >= 4 is 11.7 Å². The number of carbonyl (C=O) groups excluding carboxylic acids is 1. The number of hydrogen-bond donors (Lipinski definition) is 1. The average molecular weight is 298 g/mol. The van der Waals surface area contributed by atoms with Crippen molar-refractivity contribution in [2.75, 3.05) is 18.4 Å². The second-order valence-corrected chi connectivity index (χ2v) is 5.21. The second-order valence-electron chi connectivity index (χ2n) is 5.21. The number of amides is 2. The molecule has 2 amide bonds. The third-order valence-electron chi connectivity index (χ3n) is 3.50. The van der Waals surface area contributed by atoms with E-state index in [0.717, 1.165) is 12.1 Å². The number of rotatable bonds is 3. The number of ether oxygens (including phenoxy) is 1. The number of urea groups is 1. The van der Waals surface area contributed by atoms with Gasteiger partial charge in [-0.2, -0.15) is 4.98 Å². The fourth-order valence-electron chi connectivity index (χ4n) is 2.40. The maximum atomic E-state index is 12.2. The van der Waals surface area contributed by atoms with Crippen LogP contribution >= 0.6 is 0 Å². The molecule has 1 saturated heterocycles. The van der Waals surface area contributed by atoms with E-state index in [1.165, 1.54) is 0 Å². The van der Waals surface area contributed by atoms with E-state index in [0.29, 0.717) is 24.8 Å². The molecule has 0 aliphatic carbocycles. The summed E-state index contributed by atoms with van der Waals surface area (Å²) in [5.41, 5.74) is 0.795. The molecule has 1 aliphatic heterocycles. The van der Waals surface area contributed by atoms with E-state index in [1.807, 2.05) is 37.3 Å². The Kier molecular flexibility index (Phi) is 4.18. The largest absolute Gasteiger partial charge is 0.472 e. The summed E-state index contributed by atoms with van der Waals surface area (Å²) in [5.74, 6) is 1.23. The quantitative estimate of drug-likeness (QED) is 0.945. The molecule has 1 aromatic heterocycles. The number of aromatic nitrogens is 2. The molecule has 114 valence electrons. The van der Waals surface area contributed by atoms with Crippen LogP contribution in [0.2, 0.25) is 0 Å². The normalized spacial score (nSPS) is 17.3. The molecule has 0 saturated carbocycles. The van der Waals surface area contributed by atoms with Crippen LogP contribution in [0.25, 0.3) is 0 Å². The van der Waals surface area contributed by atoms with Crippen molar-refractivity contribution in [3.63, 3.8) is 0 Å². The van der Waals surface area contributed by atoms with Gasteiger partial charge in [0, 0.05) is 30.9 Å². The van der Waals surface area contributed by atoms with Crippen LogP contribution in [0.3, 0.4) is 0 Å². The number of carbonyl (C=O) groups is 1. The van der Waals surface area contributed by atoms with Gasteiger partial charge in [-0.1, -0.05) is 18.2 Å². The Morgan fingerprint density at radius 2 is 2.14 bits per heavy atom. The Morgan fingerprint density at radius 1 is 1.32 bits per heavy atom. The summed E-state index contributed by atoms with van der Waals surface area (Å²) >= 11 is 0. The predicted octanol–water partition coefficient (Wildman–Crippen LogP) is 2.47. The van der Waals surface area contributed by atoms with Gasteiger partial charge in [-0.25, -0.2) is 9.78 Å². The fraction of sp³-hybridized carbons (Fsp3) is 0.312. The summed E-state index contributed by atoms with van der Waals surface area (Å²) in [6, 6.07) is 11.1. The van der Waals surface area contributed by atoms with Gasteiger partial charge >= 0.3 is 6.03 Å². The van der Waals surface area contributed by atoms with Gasteiger partial charge in [0.2, 0.25) is 5.88 Å². The molecule has 6 heteroatoms. The summed E-state index contributed by atoms with van der Waals surface area (Å²) in [5, 5.41) is 2.88. The van der Waals surface area contributed by atoms with Gasteiger partial charge in [0.15, 0.2) is 0 Å². The zero-order valence-electron chi connectivity index (χ0n) is 12.4. The van der Waals surface area contributed by atoms with Crippen LogP contribution in [0.4, 0.5) is 10.5 Å². The molecule has 1 atom stereocenters. The third kappa shape index (κ3) is 3.52. The first-order chi connectivity index (χ1) is 10.7. The highest BCUT2D eigenvalue weighted by Gasteiger charge is 2.28. The van der Waals surface area contributed by atoms with E-state index < -0.39 is 0 Å². The second kappa shape index (κ2) is 6.43. The van der Waals surface area contributed by atoms with E-state index in [1.54, 1.807) is 17.2 Å². The van der Waals surface area contributed by atoms with Crippen molar-refractivity contribution in [2.45, 2.75) is 19.4 Å². The number of benzene rings is 1. The highest BCUT2D eigenvalue weighted by molar-refractivity contribution is 5.89. The van der Waals surface area contributed by atoms with Crippen molar-refractivity contribution in [2.24, 2.45) is 0 Å². The Balaban J connectivity index is 1.54. The smallest absolute Gasteiger partial charge is 0.321 e. The topological polar surface area (TPSA) is 67.3 Å². The first-order valence-electron chi connectivity index (χ1n) is 7.28. The Morgan fingerprint density at radius 3 is 2.91 bits per heavy atom. The van der Waals surface area contributed by atoms with Crippen molar-refractivity contribution in [1.82, 2.24) is 14.9 Å². The van der Waals surface area contributed by atoms with Crippen LogP contribution in [0.15, 0.2) is 42.6 Å². The van der Waals surface area contributed by atoms with Gasteiger partial charge in [-0.3, -0.25) is 0 Å². The Labute approximate surface area is 129 Å². The van der Waals surface area contributed by atoms with Crippen LogP contribution < -0.4 is 10.1 Å². The van der Waals surface area contributed by atoms with Gasteiger partial charge in [0.05, 0.1) is 6.54 Å². The van der Waals surface area contributed by atoms with Crippen molar-refractivity contribution in [1.29, 1.82) is 0 Å². The maximum absolute atomic E-state index is 12.2. The Bertz CT molecular complexity index is 648. The SMILES string of the molecule is Cc1nccc(OC2CCN(C(=O)Nc3ccccc3)C2)n1. The van der Waals surface area contributed by atoms with Crippen LogP contribution in [0, 0.1) is 6.92 Å². The molecule has 1 aromatic carbocycles. The molecule has 1 unspecified atom stereocenters. The molecular formula is C16H18N4O2. The standard InChI is InChI=1S/C16H18N4O2/c1-12-17-9-7-15(18-12)22-14-8-10-20(11-14)16(21)19-13-5-3-2-4-6-13/h2-7,9,14H,8,10-11H2,1H3,(H,19,21). The molecule has 0 bridgehead atoms. The van der Waals surface area contributed by atoms with Crippen LogP contribution in [0.1, 0.15) is 12.2 Å². The number of nitrogens with one attached hydrogen (secondary N) is 1. The summed E-state index contributed by atoms with van der Waals surface area (Å²) in [4.78, 5) is 22.2. The third-order valence-corrected chi connectivity index (χ3v) is 3.50. The number of nitrogens with zero attached hydrogens (tertiary/aromatic N) is 3. The number of anilines is 1. The highest BCUT2D eigenvalue weighted by atomic mass is 16.5. The molecule has 1 aliphatic rings. The minimum Gasteiger partial charge on any atom is -0.472 e. The molecule has 0 radical (unpaired) electrons. The predicted molar refractivity (Wildman–Crippen MR) is 82.8 cm³/mol. The molecule has 1 fully saturated rings. The molecule has 0 spiro atoms. The summed E-state index contributed by atoms with van der Waals surface area (Å²) in [7, 11) is 0. The first-order valence-corrected chi connectivity index (χ1v) is 7.28. The molecule has 2 heterocycles. The molecular weight excluding hydrogens is 280 g/mol. The van der Waals surface area contributed by atoms with Crippen molar-refractivity contribution in [3.8, 4) is 5.88 Å². The summed E-state index contributed by atoms with van der Waals surface area (Å²) < 4.78 is 5.81. The minimum absolute atomic E-state index is 0.0316. The van der Waals surface area contributed by atoms with E-state index >= 15 is 0 Å². The first kappa shape index (κ1) is 14.3. The van der Waals surface area contributed by atoms with Crippen LogP contribution in [0.5, 0.6) is 5.88 Å². The lowest BCUT2D eigenvalue weighted by atomic mass is 10.3. The van der Waals surface area contributed by atoms with Gasteiger partial charge in [-0.15, -0.1) is 0 Å². The molecule has 2 aromatic rings. The van der Waals surface area contributed by atoms with Gasteiger partial charge in [-0.05, 0) is 19.1 Å². The lowest BCUT2D eigenvalue weighted by Gasteiger charge is -2.17. The molecule has 6 nitrogen and oxygen atoms in total. The van der Waals surface area contributed by atoms with Crippen molar-refractivity contribution in [3.05, 3.63) is 48.4 Å². The molecule has 22 heavy (non-hydrogen) atoms. The summed E-state index contributed by atoms with van der Waals surface area (Å²) in [6.07, 6.45) is 2.44. The zero-order chi connectivity index (χ0) is 15.4. The Hall–Kier alpha value is -2.63. The average Bonchev–Trinajstić information content (AvgIpc) is 2.97. The van der Waals surface area contributed by atoms with Crippen molar-refractivity contribution < 1.29 is 9.53 Å². The fourth-order valence-corrected chi connectivity index (χ4v) is 2.40. The minimum atomic E-state index is -0.101. The van der Waals surface area contributed by atoms with Crippen LogP contribution in [-0.2, 0) is 0 Å².